The number of nitrogens with two attached hydrogens (primary N) is 1. The van der Waals surface area contributed by atoms with E-state index in [-0.39, 0.29) is 24.2 Å². The van der Waals surface area contributed by atoms with Crippen LogP contribution in [0.4, 0.5) is 27.8 Å². The zero-order chi connectivity index (χ0) is 25.3. The van der Waals surface area contributed by atoms with Gasteiger partial charge in [-0.25, -0.2) is 18.9 Å². The monoisotopic (exact) mass is 492 g/mol. The van der Waals surface area contributed by atoms with Crippen LogP contribution in [0.2, 0.25) is 0 Å². The molecule has 4 aromatic rings. The topological polar surface area (TPSA) is 118 Å². The van der Waals surface area contributed by atoms with Gasteiger partial charge in [-0.3, -0.25) is 4.79 Å². The SMILES string of the molecule is Nc1ncnn2c(-c3cnc(F)c(C(=O)NCCC(O)c4ccc(F)cc4)c3)cc(C(F)(F)F)c12. The zero-order valence-electron chi connectivity index (χ0n) is 17.7. The summed E-state index contributed by atoms with van der Waals surface area (Å²) in [5, 5.41) is 16.4. The summed E-state index contributed by atoms with van der Waals surface area (Å²) in [6.45, 7) is -0.0723. The molecule has 0 bridgehead atoms. The highest BCUT2D eigenvalue weighted by molar-refractivity contribution is 5.95. The van der Waals surface area contributed by atoms with Gasteiger partial charge in [0, 0.05) is 18.3 Å². The number of fused-ring (bicyclic) bond motifs is 1. The van der Waals surface area contributed by atoms with Gasteiger partial charge in [0.2, 0.25) is 5.95 Å². The number of nitrogens with one attached hydrogen (secondary N) is 1. The summed E-state index contributed by atoms with van der Waals surface area (Å²) < 4.78 is 68.8. The number of carbonyl (C=O) groups excluding carboxylic acids is 1. The largest absolute Gasteiger partial charge is 0.418 e. The van der Waals surface area contributed by atoms with Gasteiger partial charge in [-0.1, -0.05) is 12.1 Å². The zero-order valence-corrected chi connectivity index (χ0v) is 17.7. The molecule has 3 aromatic heterocycles. The van der Waals surface area contributed by atoms with Crippen molar-refractivity contribution in [3.8, 4) is 11.3 Å². The number of alkyl halides is 3. The average Bonchev–Trinajstić information content (AvgIpc) is 3.21. The molecule has 13 heteroatoms. The van der Waals surface area contributed by atoms with Gasteiger partial charge in [-0.05, 0) is 36.2 Å². The maximum absolute atomic E-state index is 14.3. The molecule has 0 spiro atoms. The van der Waals surface area contributed by atoms with E-state index in [1.165, 1.54) is 24.3 Å². The van der Waals surface area contributed by atoms with Crippen molar-refractivity contribution >= 4 is 17.2 Å². The number of rotatable bonds is 6. The molecule has 0 saturated heterocycles. The summed E-state index contributed by atoms with van der Waals surface area (Å²) >= 11 is 0. The van der Waals surface area contributed by atoms with E-state index >= 15 is 0 Å². The first kappa shape index (κ1) is 24.0. The second-order valence-corrected chi connectivity index (χ2v) is 7.52. The number of hydrogen-bond acceptors (Lipinski definition) is 6. The number of benzene rings is 1. The van der Waals surface area contributed by atoms with Crippen molar-refractivity contribution < 1.29 is 31.9 Å². The molecule has 4 N–H and O–H groups in total. The van der Waals surface area contributed by atoms with Crippen LogP contribution in [0.1, 0.15) is 34.0 Å². The lowest BCUT2D eigenvalue weighted by Gasteiger charge is -2.12. The van der Waals surface area contributed by atoms with Crippen LogP contribution in [0, 0.1) is 11.8 Å². The third kappa shape index (κ3) is 4.89. The standard InChI is InChI=1S/C22H17F5N6O2/c23-13-3-1-11(2-4-13)17(34)5-6-29-21(35)14-7-12(9-30-19(14)24)16-8-15(22(25,26)27)18-20(28)31-10-32-33(16)18/h1-4,7-10,17,34H,5-6H2,(H,29,35)(H2,28,31,32). The molecule has 1 amide bonds. The molecule has 3 heterocycles. The summed E-state index contributed by atoms with van der Waals surface area (Å²) in [7, 11) is 0. The predicted octanol–water partition coefficient (Wildman–Crippen LogP) is 3.52. The first-order valence-corrected chi connectivity index (χ1v) is 10.1. The number of hydrogen-bond donors (Lipinski definition) is 3. The van der Waals surface area contributed by atoms with Gasteiger partial charge in [0.05, 0.1) is 22.9 Å². The molecule has 0 aliphatic heterocycles. The van der Waals surface area contributed by atoms with E-state index in [4.69, 9.17) is 5.73 Å². The van der Waals surface area contributed by atoms with Crippen LogP contribution >= 0.6 is 0 Å². The van der Waals surface area contributed by atoms with Gasteiger partial charge in [0.1, 0.15) is 17.7 Å². The second-order valence-electron chi connectivity index (χ2n) is 7.52. The average molecular weight is 492 g/mol. The van der Waals surface area contributed by atoms with Crippen molar-refractivity contribution in [2.24, 2.45) is 0 Å². The predicted molar refractivity (Wildman–Crippen MR) is 114 cm³/mol. The minimum Gasteiger partial charge on any atom is -0.388 e. The quantitative estimate of drug-likeness (QED) is 0.280. The van der Waals surface area contributed by atoms with Crippen molar-refractivity contribution in [1.29, 1.82) is 0 Å². The lowest BCUT2D eigenvalue weighted by molar-refractivity contribution is -0.136. The number of amides is 1. The van der Waals surface area contributed by atoms with E-state index in [2.05, 4.69) is 20.4 Å². The van der Waals surface area contributed by atoms with Crippen LogP contribution in [0.3, 0.4) is 0 Å². The van der Waals surface area contributed by atoms with Crippen LogP contribution in [0.15, 0.2) is 48.9 Å². The highest BCUT2D eigenvalue weighted by atomic mass is 19.4. The lowest BCUT2D eigenvalue weighted by Crippen LogP contribution is -2.27. The maximum Gasteiger partial charge on any atom is 0.418 e. The van der Waals surface area contributed by atoms with E-state index < -0.39 is 52.4 Å². The number of anilines is 1. The first-order chi connectivity index (χ1) is 16.6. The molecule has 4 rings (SSSR count). The molecular formula is C22H17F5N6O2. The van der Waals surface area contributed by atoms with E-state index in [0.717, 1.165) is 29.2 Å². The molecule has 1 unspecified atom stereocenters. The van der Waals surface area contributed by atoms with Crippen molar-refractivity contribution in [2.45, 2.75) is 18.7 Å². The molecule has 0 fully saturated rings. The second kappa shape index (κ2) is 9.25. The summed E-state index contributed by atoms with van der Waals surface area (Å²) in [6, 6.07) is 6.93. The molecular weight excluding hydrogens is 475 g/mol. The fourth-order valence-electron chi connectivity index (χ4n) is 3.51. The van der Waals surface area contributed by atoms with Crippen LogP contribution in [-0.2, 0) is 6.18 Å². The van der Waals surface area contributed by atoms with Crippen molar-refractivity contribution in [3.63, 3.8) is 0 Å². The van der Waals surface area contributed by atoms with Gasteiger partial charge < -0.3 is 16.2 Å². The number of pyridine rings is 1. The number of nitrogen functional groups attached to an aromatic ring is 1. The third-order valence-electron chi connectivity index (χ3n) is 5.23. The molecule has 0 radical (unpaired) electrons. The minimum atomic E-state index is -4.78. The molecule has 1 atom stereocenters. The number of nitrogens with zero attached hydrogens (tertiary/aromatic N) is 4. The molecule has 0 aliphatic carbocycles. The molecule has 0 saturated carbocycles. The molecule has 8 nitrogen and oxygen atoms in total. The lowest BCUT2D eigenvalue weighted by atomic mass is 10.1. The highest BCUT2D eigenvalue weighted by Crippen LogP contribution is 2.38. The Morgan fingerprint density at radius 3 is 2.54 bits per heavy atom. The minimum absolute atomic E-state index is 0.0218. The Kier molecular flexibility index (Phi) is 6.35. The van der Waals surface area contributed by atoms with Crippen molar-refractivity contribution in [1.82, 2.24) is 24.9 Å². The van der Waals surface area contributed by atoms with Gasteiger partial charge in [-0.2, -0.15) is 22.7 Å². The third-order valence-corrected chi connectivity index (χ3v) is 5.23. The van der Waals surface area contributed by atoms with Gasteiger partial charge >= 0.3 is 6.18 Å². The Bertz CT molecular complexity index is 1390. The van der Waals surface area contributed by atoms with E-state index in [0.29, 0.717) is 5.56 Å². The number of aliphatic hydroxyl groups is 1. The van der Waals surface area contributed by atoms with E-state index in [1.807, 2.05) is 0 Å². The Morgan fingerprint density at radius 1 is 1.14 bits per heavy atom. The Balaban J connectivity index is 1.58. The van der Waals surface area contributed by atoms with Crippen molar-refractivity contribution in [3.05, 3.63) is 77.4 Å². The number of carbonyl (C=O) groups is 1. The molecule has 1 aromatic carbocycles. The first-order valence-electron chi connectivity index (χ1n) is 10.1. The number of aromatic nitrogens is 4. The normalized spacial score (nSPS) is 12.6. The summed E-state index contributed by atoms with van der Waals surface area (Å²) in [6.07, 6.45) is -3.82. The van der Waals surface area contributed by atoms with Gasteiger partial charge in [0.15, 0.2) is 5.82 Å². The fourth-order valence-corrected chi connectivity index (χ4v) is 3.51. The van der Waals surface area contributed by atoms with E-state index in [1.54, 1.807) is 0 Å². The molecule has 0 aliphatic rings. The summed E-state index contributed by atoms with van der Waals surface area (Å²) in [5.74, 6) is -2.92. The van der Waals surface area contributed by atoms with Crippen LogP contribution < -0.4 is 11.1 Å². The van der Waals surface area contributed by atoms with Crippen molar-refractivity contribution in [2.75, 3.05) is 12.3 Å². The Hall–Kier alpha value is -4.13. The van der Waals surface area contributed by atoms with Crippen LogP contribution in [-0.4, -0.2) is 37.1 Å². The highest BCUT2D eigenvalue weighted by Gasteiger charge is 2.36. The summed E-state index contributed by atoms with van der Waals surface area (Å²) in [4.78, 5) is 19.6. The molecule has 182 valence electrons. The molecule has 35 heavy (non-hydrogen) atoms. The summed E-state index contributed by atoms with van der Waals surface area (Å²) in [5.41, 5.74) is 3.79. The number of aliphatic hydroxyl groups excluding tert-OH is 1. The van der Waals surface area contributed by atoms with Crippen LogP contribution in [0.25, 0.3) is 16.8 Å². The maximum atomic E-state index is 14.3. The van der Waals surface area contributed by atoms with E-state index in [9.17, 15) is 31.9 Å². The van der Waals surface area contributed by atoms with Gasteiger partial charge in [0.25, 0.3) is 5.91 Å². The van der Waals surface area contributed by atoms with Crippen LogP contribution in [0.5, 0.6) is 0 Å². The Labute approximate surface area is 194 Å². The fraction of sp³-hybridized carbons (Fsp3) is 0.182. The Morgan fingerprint density at radius 2 is 1.86 bits per heavy atom. The number of halogens is 5. The van der Waals surface area contributed by atoms with Gasteiger partial charge in [-0.15, -0.1) is 0 Å². The smallest absolute Gasteiger partial charge is 0.388 e.